The first kappa shape index (κ1) is 14.0. The van der Waals surface area contributed by atoms with Gasteiger partial charge in [-0.15, -0.1) is 0 Å². The highest BCUT2D eigenvalue weighted by atomic mass is 79.9. The van der Waals surface area contributed by atoms with Gasteiger partial charge in [0.1, 0.15) is 0 Å². The van der Waals surface area contributed by atoms with Crippen LogP contribution in [-0.2, 0) is 0 Å². The molecular formula is C9H23BrN+. The molecule has 1 nitrogen and oxygen atoms in total. The molecule has 0 amide bonds. The maximum atomic E-state index is 3.15. The van der Waals surface area contributed by atoms with Crippen molar-refractivity contribution in [3.05, 3.63) is 0 Å². The molecule has 2 heteroatoms. The van der Waals surface area contributed by atoms with Crippen LogP contribution in [0, 0.1) is 0 Å². The van der Waals surface area contributed by atoms with Gasteiger partial charge in [-0.2, -0.15) is 0 Å². The van der Waals surface area contributed by atoms with E-state index in [-0.39, 0.29) is 0 Å². The first-order valence-electron chi connectivity index (χ1n) is 4.49. The van der Waals surface area contributed by atoms with Crippen molar-refractivity contribution in [3.8, 4) is 0 Å². The van der Waals surface area contributed by atoms with Crippen LogP contribution in [0.5, 0.6) is 0 Å². The van der Waals surface area contributed by atoms with Crippen molar-refractivity contribution >= 4 is 15.9 Å². The molecule has 0 rings (SSSR count). The van der Waals surface area contributed by atoms with E-state index < -0.39 is 0 Å². The van der Waals surface area contributed by atoms with Gasteiger partial charge in [-0.3, -0.25) is 0 Å². The summed E-state index contributed by atoms with van der Waals surface area (Å²) in [6.45, 7) is 12.5. The Hall–Kier alpha value is 0.440. The zero-order valence-corrected chi connectivity index (χ0v) is 10.2. The number of rotatable bonds is 3. The molecule has 0 unspecified atom stereocenters. The fourth-order valence-corrected chi connectivity index (χ4v) is 0.671. The van der Waals surface area contributed by atoms with Gasteiger partial charge in [-0.25, -0.2) is 0 Å². The summed E-state index contributed by atoms with van der Waals surface area (Å²) in [7, 11) is 2.29. The zero-order chi connectivity index (χ0) is 9.33. The number of alkyl halides is 1. The molecule has 0 spiro atoms. The Morgan fingerprint density at radius 1 is 0.909 bits per heavy atom. The van der Waals surface area contributed by atoms with Gasteiger partial charge >= 0.3 is 0 Å². The minimum absolute atomic E-state index is 1.06. The summed E-state index contributed by atoms with van der Waals surface area (Å²) in [5, 5.41) is 1.06. The fourth-order valence-electron chi connectivity index (χ4n) is 0.671. The molecule has 0 aliphatic carbocycles. The minimum atomic E-state index is 1.06. The highest BCUT2D eigenvalue weighted by Crippen LogP contribution is 1.97. The van der Waals surface area contributed by atoms with Gasteiger partial charge in [0.25, 0.3) is 0 Å². The lowest BCUT2D eigenvalue weighted by Crippen LogP contribution is -2.42. The SMILES string of the molecule is CCBr.CC[N+](C)(CC)CC. The monoisotopic (exact) mass is 224 g/mol. The van der Waals surface area contributed by atoms with E-state index in [4.69, 9.17) is 0 Å². The minimum Gasteiger partial charge on any atom is -0.327 e. The van der Waals surface area contributed by atoms with E-state index in [2.05, 4.69) is 43.7 Å². The van der Waals surface area contributed by atoms with Crippen LogP contribution in [-0.4, -0.2) is 36.5 Å². The third kappa shape index (κ3) is 8.35. The smallest absolute Gasteiger partial charge is 0.0755 e. The summed E-state index contributed by atoms with van der Waals surface area (Å²) in [6, 6.07) is 0. The van der Waals surface area contributed by atoms with Crippen LogP contribution in [0.15, 0.2) is 0 Å². The third-order valence-corrected chi connectivity index (χ3v) is 2.29. The van der Waals surface area contributed by atoms with Crippen molar-refractivity contribution < 1.29 is 4.48 Å². The van der Waals surface area contributed by atoms with Crippen molar-refractivity contribution in [2.45, 2.75) is 27.7 Å². The molecule has 0 saturated carbocycles. The lowest BCUT2D eigenvalue weighted by Gasteiger charge is -2.30. The first-order chi connectivity index (χ1) is 5.10. The largest absolute Gasteiger partial charge is 0.327 e. The van der Waals surface area contributed by atoms with E-state index in [9.17, 15) is 0 Å². The topological polar surface area (TPSA) is 0 Å². The van der Waals surface area contributed by atoms with Crippen LogP contribution < -0.4 is 0 Å². The third-order valence-electron chi connectivity index (χ3n) is 2.29. The predicted octanol–water partition coefficient (Wildman–Crippen LogP) is 2.89. The van der Waals surface area contributed by atoms with Gasteiger partial charge in [0.2, 0.25) is 0 Å². The molecule has 0 aromatic heterocycles. The van der Waals surface area contributed by atoms with Gasteiger partial charge < -0.3 is 4.48 Å². The van der Waals surface area contributed by atoms with E-state index >= 15 is 0 Å². The van der Waals surface area contributed by atoms with Gasteiger partial charge in [-0.1, -0.05) is 22.9 Å². The summed E-state index contributed by atoms with van der Waals surface area (Å²) in [5.41, 5.74) is 0. The van der Waals surface area contributed by atoms with Crippen LogP contribution >= 0.6 is 15.9 Å². The molecule has 70 valence electrons. The number of hydrogen-bond acceptors (Lipinski definition) is 0. The molecule has 0 bridgehead atoms. The van der Waals surface area contributed by atoms with Crippen LogP contribution in [0.4, 0.5) is 0 Å². The Labute approximate surface area is 80.5 Å². The van der Waals surface area contributed by atoms with E-state index in [1.807, 2.05) is 6.92 Å². The zero-order valence-electron chi connectivity index (χ0n) is 8.65. The van der Waals surface area contributed by atoms with Crippen molar-refractivity contribution in [1.82, 2.24) is 0 Å². The molecule has 0 aliphatic rings. The second-order valence-corrected chi connectivity index (χ2v) is 3.96. The molecule has 0 saturated heterocycles. The Kier molecular flexibility index (Phi) is 10.9. The Morgan fingerprint density at radius 3 is 1.09 bits per heavy atom. The van der Waals surface area contributed by atoms with Gasteiger partial charge in [0.15, 0.2) is 0 Å². The van der Waals surface area contributed by atoms with Crippen LogP contribution in [0.3, 0.4) is 0 Å². The average molecular weight is 225 g/mol. The molecule has 0 aromatic carbocycles. The van der Waals surface area contributed by atoms with Crippen molar-refractivity contribution in [2.75, 3.05) is 32.0 Å². The Morgan fingerprint density at radius 2 is 1.09 bits per heavy atom. The molecule has 11 heavy (non-hydrogen) atoms. The second kappa shape index (κ2) is 8.54. The summed E-state index contributed by atoms with van der Waals surface area (Å²) in [4.78, 5) is 0. The number of halogens is 1. The molecule has 0 atom stereocenters. The van der Waals surface area contributed by atoms with Crippen LogP contribution in [0.25, 0.3) is 0 Å². The average Bonchev–Trinajstić information content (AvgIpc) is 2.05. The highest BCUT2D eigenvalue weighted by molar-refractivity contribution is 9.09. The molecule has 0 aliphatic heterocycles. The lowest BCUT2D eigenvalue weighted by molar-refractivity contribution is -0.904. The van der Waals surface area contributed by atoms with E-state index in [1.165, 1.54) is 24.1 Å². The normalized spacial score (nSPS) is 10.4. The van der Waals surface area contributed by atoms with E-state index in [0.717, 1.165) is 5.33 Å². The predicted molar refractivity (Wildman–Crippen MR) is 57.3 cm³/mol. The summed E-state index contributed by atoms with van der Waals surface area (Å²) < 4.78 is 1.21. The summed E-state index contributed by atoms with van der Waals surface area (Å²) in [6.07, 6.45) is 0. The summed E-state index contributed by atoms with van der Waals surface area (Å²) >= 11 is 3.15. The van der Waals surface area contributed by atoms with Gasteiger partial charge in [0, 0.05) is 5.33 Å². The first-order valence-corrected chi connectivity index (χ1v) is 5.61. The number of quaternary nitrogens is 1. The Bertz CT molecular complexity index is 61.7. The quantitative estimate of drug-likeness (QED) is 0.511. The Balaban J connectivity index is 0. The van der Waals surface area contributed by atoms with Crippen molar-refractivity contribution in [2.24, 2.45) is 0 Å². The maximum Gasteiger partial charge on any atom is 0.0755 e. The molecule has 0 aromatic rings. The molecule has 0 N–H and O–H groups in total. The van der Waals surface area contributed by atoms with E-state index in [1.54, 1.807) is 0 Å². The summed E-state index contributed by atoms with van der Waals surface area (Å²) in [5.74, 6) is 0. The van der Waals surface area contributed by atoms with Crippen LogP contribution in [0.1, 0.15) is 27.7 Å². The van der Waals surface area contributed by atoms with Crippen molar-refractivity contribution in [3.63, 3.8) is 0 Å². The molecular weight excluding hydrogens is 202 g/mol. The lowest BCUT2D eigenvalue weighted by atomic mass is 10.4. The van der Waals surface area contributed by atoms with Gasteiger partial charge in [0.05, 0.1) is 26.7 Å². The van der Waals surface area contributed by atoms with Crippen LogP contribution in [0.2, 0.25) is 0 Å². The number of nitrogens with zero attached hydrogens (tertiary/aromatic N) is 1. The second-order valence-electron chi connectivity index (χ2n) is 2.84. The number of hydrogen-bond donors (Lipinski definition) is 0. The molecule has 0 fully saturated rings. The molecule has 0 radical (unpaired) electrons. The maximum absolute atomic E-state index is 3.15. The highest BCUT2D eigenvalue weighted by Gasteiger charge is 2.10. The fraction of sp³-hybridized carbons (Fsp3) is 1.00. The van der Waals surface area contributed by atoms with Gasteiger partial charge in [-0.05, 0) is 20.8 Å². The van der Waals surface area contributed by atoms with E-state index in [0.29, 0.717) is 0 Å². The standard InChI is InChI=1S/C7H18N.C2H5Br/c1-5-8(4,6-2)7-3;1-2-3/h5-7H2,1-4H3;2H2,1H3/q+1;. The molecule has 0 heterocycles. The van der Waals surface area contributed by atoms with Crippen molar-refractivity contribution in [1.29, 1.82) is 0 Å².